The van der Waals surface area contributed by atoms with Crippen LogP contribution in [-0.2, 0) is 0 Å². The number of thioether (sulfide) groups is 1. The van der Waals surface area contributed by atoms with E-state index in [0.717, 1.165) is 5.75 Å². The summed E-state index contributed by atoms with van der Waals surface area (Å²) in [5.74, 6) is 1.36. The summed E-state index contributed by atoms with van der Waals surface area (Å²) < 4.78 is 13.3. The standard InChI is InChI=1S/C12H16FNS/c13-10-6-1-2-7-12(10)15-8-11(14)9-4-3-5-9/h1-2,6-7,9,11H,3-5,8,14H2. The van der Waals surface area contributed by atoms with Gasteiger partial charge in [0.25, 0.3) is 0 Å². The van der Waals surface area contributed by atoms with Crippen molar-refractivity contribution in [3.05, 3.63) is 30.1 Å². The predicted octanol–water partition coefficient (Wildman–Crippen LogP) is 3.05. The van der Waals surface area contributed by atoms with Gasteiger partial charge in [0.2, 0.25) is 0 Å². The van der Waals surface area contributed by atoms with Crippen molar-refractivity contribution >= 4 is 11.8 Å². The average molecular weight is 225 g/mol. The van der Waals surface area contributed by atoms with Gasteiger partial charge in [0, 0.05) is 16.7 Å². The first-order valence-electron chi connectivity index (χ1n) is 5.40. The first-order valence-corrected chi connectivity index (χ1v) is 6.39. The van der Waals surface area contributed by atoms with Crippen molar-refractivity contribution in [1.29, 1.82) is 0 Å². The molecular formula is C12H16FNS. The van der Waals surface area contributed by atoms with Gasteiger partial charge in [-0.05, 0) is 30.9 Å². The summed E-state index contributed by atoms with van der Waals surface area (Å²) >= 11 is 1.53. The molecule has 0 spiro atoms. The van der Waals surface area contributed by atoms with Gasteiger partial charge in [-0.2, -0.15) is 0 Å². The van der Waals surface area contributed by atoms with Crippen molar-refractivity contribution in [2.24, 2.45) is 11.7 Å². The van der Waals surface area contributed by atoms with E-state index in [9.17, 15) is 4.39 Å². The van der Waals surface area contributed by atoms with E-state index in [1.807, 2.05) is 12.1 Å². The Morgan fingerprint density at radius 1 is 1.40 bits per heavy atom. The maximum absolute atomic E-state index is 13.3. The van der Waals surface area contributed by atoms with Crippen molar-refractivity contribution in [2.45, 2.75) is 30.2 Å². The Bertz CT molecular complexity index is 325. The topological polar surface area (TPSA) is 26.0 Å². The lowest BCUT2D eigenvalue weighted by Crippen LogP contribution is -2.36. The lowest BCUT2D eigenvalue weighted by molar-refractivity contribution is 0.276. The molecule has 0 aromatic heterocycles. The van der Waals surface area contributed by atoms with Gasteiger partial charge in [-0.15, -0.1) is 11.8 Å². The van der Waals surface area contributed by atoms with Crippen molar-refractivity contribution in [2.75, 3.05) is 5.75 Å². The Morgan fingerprint density at radius 3 is 2.73 bits per heavy atom. The van der Waals surface area contributed by atoms with Crippen LogP contribution in [0.25, 0.3) is 0 Å². The van der Waals surface area contributed by atoms with Crippen LogP contribution in [0.15, 0.2) is 29.2 Å². The maximum Gasteiger partial charge on any atom is 0.136 e. The molecule has 2 rings (SSSR count). The lowest BCUT2D eigenvalue weighted by atomic mass is 9.81. The van der Waals surface area contributed by atoms with E-state index in [-0.39, 0.29) is 11.9 Å². The average Bonchev–Trinajstić information content (AvgIpc) is 2.14. The van der Waals surface area contributed by atoms with Crippen LogP contribution in [0.3, 0.4) is 0 Å². The van der Waals surface area contributed by atoms with E-state index in [1.165, 1.54) is 37.1 Å². The van der Waals surface area contributed by atoms with Crippen LogP contribution in [0.1, 0.15) is 19.3 Å². The Balaban J connectivity index is 1.84. The largest absolute Gasteiger partial charge is 0.327 e. The summed E-state index contributed by atoms with van der Waals surface area (Å²) in [5, 5.41) is 0. The molecule has 0 amide bonds. The molecule has 3 heteroatoms. The van der Waals surface area contributed by atoms with Gasteiger partial charge < -0.3 is 5.73 Å². The van der Waals surface area contributed by atoms with Crippen LogP contribution in [0.2, 0.25) is 0 Å². The molecule has 1 aromatic carbocycles. The molecule has 0 bridgehead atoms. The number of hydrogen-bond acceptors (Lipinski definition) is 2. The molecule has 0 heterocycles. The molecule has 1 unspecified atom stereocenters. The SMILES string of the molecule is NC(CSc1ccccc1F)C1CCC1. The zero-order valence-electron chi connectivity index (χ0n) is 8.66. The Morgan fingerprint density at radius 2 is 2.13 bits per heavy atom. The highest BCUT2D eigenvalue weighted by Crippen LogP contribution is 2.31. The minimum atomic E-state index is -0.136. The lowest BCUT2D eigenvalue weighted by Gasteiger charge is -2.30. The molecule has 1 fully saturated rings. The summed E-state index contributed by atoms with van der Waals surface area (Å²) in [6.07, 6.45) is 3.81. The van der Waals surface area contributed by atoms with E-state index in [1.54, 1.807) is 6.07 Å². The number of benzene rings is 1. The van der Waals surface area contributed by atoms with Crippen LogP contribution in [0.5, 0.6) is 0 Å². The van der Waals surface area contributed by atoms with Gasteiger partial charge in [0.15, 0.2) is 0 Å². The summed E-state index contributed by atoms with van der Waals surface area (Å²) in [7, 11) is 0. The highest BCUT2D eigenvalue weighted by atomic mass is 32.2. The van der Waals surface area contributed by atoms with E-state index >= 15 is 0 Å². The number of halogens is 1. The van der Waals surface area contributed by atoms with Gasteiger partial charge in [0.1, 0.15) is 5.82 Å². The number of nitrogens with two attached hydrogens (primary N) is 1. The summed E-state index contributed by atoms with van der Waals surface area (Å²) in [5.41, 5.74) is 6.03. The fraction of sp³-hybridized carbons (Fsp3) is 0.500. The van der Waals surface area contributed by atoms with E-state index < -0.39 is 0 Å². The van der Waals surface area contributed by atoms with Crippen molar-refractivity contribution in [3.8, 4) is 0 Å². The molecule has 1 aromatic rings. The van der Waals surface area contributed by atoms with Crippen LogP contribution in [-0.4, -0.2) is 11.8 Å². The second-order valence-corrected chi connectivity index (χ2v) is 5.16. The van der Waals surface area contributed by atoms with Gasteiger partial charge in [-0.3, -0.25) is 0 Å². The maximum atomic E-state index is 13.3. The van der Waals surface area contributed by atoms with Crippen molar-refractivity contribution < 1.29 is 4.39 Å². The Kier molecular flexibility index (Phi) is 3.65. The molecule has 0 radical (unpaired) electrons. The summed E-state index contributed by atoms with van der Waals surface area (Å²) in [4.78, 5) is 0.715. The fourth-order valence-electron chi connectivity index (χ4n) is 1.75. The number of hydrogen-bond donors (Lipinski definition) is 1. The second-order valence-electron chi connectivity index (χ2n) is 4.10. The van der Waals surface area contributed by atoms with E-state index in [0.29, 0.717) is 10.8 Å². The molecule has 0 saturated heterocycles. The van der Waals surface area contributed by atoms with Gasteiger partial charge in [-0.25, -0.2) is 4.39 Å². The highest BCUT2D eigenvalue weighted by molar-refractivity contribution is 7.99. The van der Waals surface area contributed by atoms with Gasteiger partial charge in [-0.1, -0.05) is 18.6 Å². The first kappa shape index (κ1) is 11.0. The normalized spacial score (nSPS) is 18.5. The predicted molar refractivity (Wildman–Crippen MR) is 62.4 cm³/mol. The van der Waals surface area contributed by atoms with Crippen LogP contribution >= 0.6 is 11.8 Å². The molecule has 1 saturated carbocycles. The molecule has 1 atom stereocenters. The smallest absolute Gasteiger partial charge is 0.136 e. The zero-order chi connectivity index (χ0) is 10.7. The van der Waals surface area contributed by atoms with Crippen molar-refractivity contribution in [3.63, 3.8) is 0 Å². The third-order valence-corrected chi connectivity index (χ3v) is 4.22. The molecule has 1 aliphatic rings. The molecule has 2 N–H and O–H groups in total. The minimum Gasteiger partial charge on any atom is -0.327 e. The molecular weight excluding hydrogens is 209 g/mol. The van der Waals surface area contributed by atoms with Crippen LogP contribution < -0.4 is 5.73 Å². The highest BCUT2D eigenvalue weighted by Gasteiger charge is 2.24. The monoisotopic (exact) mass is 225 g/mol. The first-order chi connectivity index (χ1) is 7.27. The molecule has 82 valence electrons. The molecule has 1 nitrogen and oxygen atoms in total. The minimum absolute atomic E-state index is 0.136. The Labute approximate surface area is 94.2 Å². The third-order valence-electron chi connectivity index (χ3n) is 3.02. The van der Waals surface area contributed by atoms with Crippen molar-refractivity contribution in [1.82, 2.24) is 0 Å². The molecule has 1 aliphatic carbocycles. The van der Waals surface area contributed by atoms with Gasteiger partial charge in [0.05, 0.1) is 0 Å². The van der Waals surface area contributed by atoms with E-state index in [2.05, 4.69) is 0 Å². The van der Waals surface area contributed by atoms with E-state index in [4.69, 9.17) is 5.73 Å². The third kappa shape index (κ3) is 2.73. The van der Waals surface area contributed by atoms with Crippen LogP contribution in [0.4, 0.5) is 4.39 Å². The van der Waals surface area contributed by atoms with Crippen LogP contribution in [0, 0.1) is 11.7 Å². The number of rotatable bonds is 4. The second kappa shape index (κ2) is 4.99. The Hall–Kier alpha value is -0.540. The molecule has 0 aliphatic heterocycles. The summed E-state index contributed by atoms with van der Waals surface area (Å²) in [6, 6.07) is 7.11. The quantitative estimate of drug-likeness (QED) is 0.797. The summed E-state index contributed by atoms with van der Waals surface area (Å²) in [6.45, 7) is 0. The zero-order valence-corrected chi connectivity index (χ0v) is 9.47. The van der Waals surface area contributed by atoms with Gasteiger partial charge >= 0.3 is 0 Å². The molecule has 15 heavy (non-hydrogen) atoms. The fourth-order valence-corrected chi connectivity index (χ4v) is 2.78.